The Balaban J connectivity index is 1.48. The van der Waals surface area contributed by atoms with Gasteiger partial charge in [0, 0.05) is 25.1 Å². The molecule has 3 heterocycles. The number of hydrogen-bond donors (Lipinski definition) is 1. The van der Waals surface area contributed by atoms with Gasteiger partial charge < -0.3 is 19.7 Å². The normalized spacial score (nSPS) is 21.5. The Morgan fingerprint density at radius 3 is 2.73 bits per heavy atom. The number of rotatable bonds is 6. The molecule has 3 aromatic rings. The van der Waals surface area contributed by atoms with Gasteiger partial charge in [-0.25, -0.2) is 13.2 Å². The van der Waals surface area contributed by atoms with Crippen LogP contribution >= 0.6 is 0 Å². The number of hydrogen-bond acceptors (Lipinski definition) is 6. The summed E-state index contributed by atoms with van der Waals surface area (Å²) in [6, 6.07) is 15.8. The fourth-order valence-electron chi connectivity index (χ4n) is 4.64. The highest BCUT2D eigenvalue weighted by atomic mass is 19.3. The maximum atomic E-state index is 14.4. The average molecular weight is 456 g/mol. The van der Waals surface area contributed by atoms with Crippen molar-refractivity contribution >= 4 is 11.5 Å². The molecule has 0 unspecified atom stereocenters. The maximum absolute atomic E-state index is 14.4. The molecule has 1 N–H and O–H groups in total. The lowest BCUT2D eigenvalue weighted by atomic mass is 9.93. The lowest BCUT2D eigenvalue weighted by Crippen LogP contribution is -2.57. The third kappa shape index (κ3) is 3.76. The predicted molar refractivity (Wildman–Crippen MR) is 118 cm³/mol. The van der Waals surface area contributed by atoms with E-state index in [0.717, 1.165) is 5.56 Å². The third-order valence-corrected chi connectivity index (χ3v) is 6.31. The van der Waals surface area contributed by atoms with Crippen molar-refractivity contribution < 1.29 is 22.6 Å². The van der Waals surface area contributed by atoms with E-state index in [9.17, 15) is 13.2 Å². The molecule has 0 amide bonds. The number of methoxy groups -OCH3 is 1. The van der Waals surface area contributed by atoms with Crippen LogP contribution in [0.1, 0.15) is 12.0 Å². The molecule has 0 saturated carbocycles. The van der Waals surface area contributed by atoms with Crippen LogP contribution in [0.25, 0.3) is 11.3 Å². The second-order valence-corrected chi connectivity index (χ2v) is 8.28. The molecular formula is C24H23F3N4O2. The number of halogens is 3. The molecule has 172 valence electrons. The Labute approximate surface area is 189 Å². The molecule has 1 aromatic heterocycles. The van der Waals surface area contributed by atoms with Crippen LogP contribution in [0.3, 0.4) is 0 Å². The summed E-state index contributed by atoms with van der Waals surface area (Å²) >= 11 is 0. The van der Waals surface area contributed by atoms with Crippen LogP contribution in [0.2, 0.25) is 0 Å². The minimum Gasteiger partial charge on any atom is -0.493 e. The van der Waals surface area contributed by atoms with E-state index in [1.807, 2.05) is 30.3 Å². The molecule has 0 aliphatic carbocycles. The molecule has 2 aromatic carbocycles. The number of ether oxygens (including phenoxy) is 2. The molecule has 6 nitrogen and oxygen atoms in total. The Morgan fingerprint density at radius 2 is 1.97 bits per heavy atom. The minimum atomic E-state index is -2.61. The quantitative estimate of drug-likeness (QED) is 0.589. The zero-order valence-electron chi connectivity index (χ0n) is 18.0. The second kappa shape index (κ2) is 8.55. The number of fused-ring (bicyclic) bond motifs is 3. The van der Waals surface area contributed by atoms with Crippen LogP contribution in [0.5, 0.6) is 5.75 Å². The van der Waals surface area contributed by atoms with Gasteiger partial charge in [-0.2, -0.15) is 0 Å². The molecule has 0 radical (unpaired) electrons. The van der Waals surface area contributed by atoms with Crippen LogP contribution < -0.4 is 15.0 Å². The molecule has 2 aliphatic heterocycles. The summed E-state index contributed by atoms with van der Waals surface area (Å²) in [6.45, 7) is 0.663. The molecule has 2 aliphatic rings. The number of aromatic nitrogens is 2. The first-order chi connectivity index (χ1) is 16.0. The first kappa shape index (κ1) is 21.5. The summed E-state index contributed by atoms with van der Waals surface area (Å²) in [5, 5.41) is 11.4. The number of nitrogens with zero attached hydrogens (tertiary/aromatic N) is 3. The van der Waals surface area contributed by atoms with Gasteiger partial charge in [0.15, 0.2) is 17.4 Å². The van der Waals surface area contributed by atoms with E-state index < -0.39 is 17.8 Å². The van der Waals surface area contributed by atoms with E-state index in [2.05, 4.69) is 15.5 Å². The fourth-order valence-corrected chi connectivity index (χ4v) is 4.64. The van der Waals surface area contributed by atoms with E-state index in [-0.39, 0.29) is 31.4 Å². The van der Waals surface area contributed by atoms with Crippen LogP contribution in [0.4, 0.5) is 24.7 Å². The molecule has 9 heteroatoms. The Morgan fingerprint density at radius 1 is 1.15 bits per heavy atom. The SMILES string of the molecule is COc1c(F)cccc1-c1cc2c(nn1)NC[C@@]1(C(F)F)C[C@@H](OCc3ccccc3)CN21. The third-order valence-electron chi connectivity index (χ3n) is 6.31. The van der Waals surface area contributed by atoms with Gasteiger partial charge in [-0.05, 0) is 23.8 Å². The number of alkyl halides is 2. The standard InChI is InChI=1S/C24H23F3N4O2/c1-32-21-17(8-5-9-18(21)25)19-10-20-22(30-29-19)28-14-24(23(26)27)11-16(12-31(20)24)33-13-15-6-3-2-4-7-15/h2-10,16,23H,11-14H2,1H3,(H,28,30)/t16-,24-/m1/s1. The van der Waals surface area contributed by atoms with Crippen LogP contribution in [-0.4, -0.2) is 48.5 Å². The van der Waals surface area contributed by atoms with Crippen molar-refractivity contribution in [2.45, 2.75) is 31.1 Å². The molecule has 2 atom stereocenters. The Hall–Kier alpha value is -3.33. The van der Waals surface area contributed by atoms with Crippen molar-refractivity contribution in [2.24, 2.45) is 0 Å². The summed E-state index contributed by atoms with van der Waals surface area (Å²) in [5.41, 5.74) is 0.783. The van der Waals surface area contributed by atoms with E-state index >= 15 is 0 Å². The highest BCUT2D eigenvalue weighted by Gasteiger charge is 2.55. The van der Waals surface area contributed by atoms with Gasteiger partial charge in [0.2, 0.25) is 0 Å². The first-order valence-corrected chi connectivity index (χ1v) is 10.7. The summed E-state index contributed by atoms with van der Waals surface area (Å²) in [6.07, 6.45) is -2.82. The van der Waals surface area contributed by atoms with Crippen LogP contribution in [0.15, 0.2) is 54.6 Å². The summed E-state index contributed by atoms with van der Waals surface area (Å²) < 4.78 is 54.3. The smallest absolute Gasteiger partial charge is 0.263 e. The van der Waals surface area contributed by atoms with E-state index in [1.165, 1.54) is 13.2 Å². The molecule has 0 bridgehead atoms. The minimum absolute atomic E-state index is 0.0280. The zero-order valence-corrected chi connectivity index (χ0v) is 18.0. The summed E-state index contributed by atoms with van der Waals surface area (Å²) in [5.74, 6) is -0.0969. The Kier molecular flexibility index (Phi) is 5.57. The van der Waals surface area contributed by atoms with Crippen molar-refractivity contribution in [1.82, 2.24) is 10.2 Å². The molecule has 0 spiro atoms. The largest absolute Gasteiger partial charge is 0.493 e. The highest BCUT2D eigenvalue weighted by molar-refractivity contribution is 5.78. The van der Waals surface area contributed by atoms with Crippen LogP contribution in [0, 0.1) is 5.82 Å². The first-order valence-electron chi connectivity index (χ1n) is 10.7. The molecule has 1 saturated heterocycles. The van der Waals surface area contributed by atoms with Gasteiger partial charge in [-0.1, -0.05) is 36.4 Å². The van der Waals surface area contributed by atoms with Crippen molar-refractivity contribution in [3.63, 3.8) is 0 Å². The lowest BCUT2D eigenvalue weighted by molar-refractivity contribution is 0.0216. The summed E-state index contributed by atoms with van der Waals surface area (Å²) in [7, 11) is 1.37. The number of nitrogens with one attached hydrogen (secondary N) is 1. The topological polar surface area (TPSA) is 59.5 Å². The van der Waals surface area contributed by atoms with Gasteiger partial charge in [0.1, 0.15) is 5.54 Å². The second-order valence-electron chi connectivity index (χ2n) is 8.28. The monoisotopic (exact) mass is 456 g/mol. The van der Waals surface area contributed by atoms with Crippen molar-refractivity contribution in [1.29, 1.82) is 0 Å². The maximum Gasteiger partial charge on any atom is 0.263 e. The van der Waals surface area contributed by atoms with E-state index in [1.54, 1.807) is 23.1 Å². The van der Waals surface area contributed by atoms with Gasteiger partial charge in [0.05, 0.1) is 31.2 Å². The van der Waals surface area contributed by atoms with Gasteiger partial charge in [-0.3, -0.25) is 0 Å². The van der Waals surface area contributed by atoms with Gasteiger partial charge in [-0.15, -0.1) is 10.2 Å². The summed E-state index contributed by atoms with van der Waals surface area (Å²) in [4.78, 5) is 1.67. The molecule has 33 heavy (non-hydrogen) atoms. The van der Waals surface area contributed by atoms with E-state index in [0.29, 0.717) is 29.4 Å². The number of benzene rings is 2. The van der Waals surface area contributed by atoms with E-state index in [4.69, 9.17) is 9.47 Å². The highest BCUT2D eigenvalue weighted by Crippen LogP contribution is 2.46. The number of para-hydroxylation sites is 1. The molecule has 5 rings (SSSR count). The van der Waals surface area contributed by atoms with Gasteiger partial charge in [0.25, 0.3) is 6.43 Å². The predicted octanol–water partition coefficient (Wildman–Crippen LogP) is 4.52. The van der Waals surface area contributed by atoms with Crippen molar-refractivity contribution in [3.05, 3.63) is 66.0 Å². The number of anilines is 2. The Bertz CT molecular complexity index is 1150. The zero-order chi connectivity index (χ0) is 23.0. The van der Waals surface area contributed by atoms with Crippen molar-refractivity contribution in [3.8, 4) is 17.0 Å². The van der Waals surface area contributed by atoms with Crippen LogP contribution in [-0.2, 0) is 11.3 Å². The molecular weight excluding hydrogens is 433 g/mol. The van der Waals surface area contributed by atoms with Crippen molar-refractivity contribution in [2.75, 3.05) is 30.4 Å². The van der Waals surface area contributed by atoms with Gasteiger partial charge >= 0.3 is 0 Å². The lowest BCUT2D eigenvalue weighted by Gasteiger charge is -2.43. The average Bonchev–Trinajstić information content (AvgIpc) is 3.24. The molecule has 1 fully saturated rings. The fraction of sp³-hybridized carbons (Fsp3) is 0.333.